The van der Waals surface area contributed by atoms with Crippen LogP contribution in [0.1, 0.15) is 19.7 Å². The van der Waals surface area contributed by atoms with E-state index in [1.165, 1.54) is 0 Å². The van der Waals surface area contributed by atoms with Crippen LogP contribution in [0.25, 0.3) is 0 Å². The van der Waals surface area contributed by atoms with E-state index >= 15 is 0 Å². The first-order valence-electron chi connectivity index (χ1n) is 6.26. The van der Waals surface area contributed by atoms with Gasteiger partial charge in [-0.15, -0.1) is 0 Å². The van der Waals surface area contributed by atoms with E-state index in [1.54, 1.807) is 18.7 Å². The molecule has 0 spiro atoms. The third-order valence-corrected chi connectivity index (χ3v) is 3.70. The Balaban J connectivity index is 1.92. The van der Waals surface area contributed by atoms with E-state index in [0.717, 1.165) is 11.5 Å². The lowest BCUT2D eigenvalue weighted by molar-refractivity contribution is -0.144. The quantitative estimate of drug-likeness (QED) is 0.916. The lowest BCUT2D eigenvalue weighted by Crippen LogP contribution is -2.50. The summed E-state index contributed by atoms with van der Waals surface area (Å²) in [5.74, 6) is -1.07. The van der Waals surface area contributed by atoms with Gasteiger partial charge in [0.1, 0.15) is 0 Å². The number of piperazine rings is 1. The molecule has 2 rings (SSSR count). The minimum atomic E-state index is -4.49. The molecule has 5 nitrogen and oxygen atoms in total. The van der Waals surface area contributed by atoms with Gasteiger partial charge in [0.05, 0.1) is 5.60 Å². The predicted octanol–water partition coefficient (Wildman–Crippen LogP) is 1.45. The molecule has 1 aliphatic rings. The van der Waals surface area contributed by atoms with Gasteiger partial charge in [-0.3, -0.25) is 4.90 Å². The van der Waals surface area contributed by atoms with Crippen LogP contribution in [0.15, 0.2) is 0 Å². The third-order valence-electron chi connectivity index (χ3n) is 2.92. The lowest BCUT2D eigenvalue weighted by Gasteiger charge is -2.36. The standard InChI is InChI=1S/C11H17F3N4OS/c1-10(2,19)7-17-3-5-18(6-4-17)9-15-8(16-20-9)11(12,13)14/h19H,3-7H2,1-2H3. The number of halogens is 3. The molecule has 0 atom stereocenters. The largest absolute Gasteiger partial charge is 0.452 e. The van der Waals surface area contributed by atoms with E-state index in [1.807, 2.05) is 0 Å². The fourth-order valence-corrected chi connectivity index (χ4v) is 2.84. The molecule has 0 radical (unpaired) electrons. The van der Waals surface area contributed by atoms with Gasteiger partial charge in [0.15, 0.2) is 0 Å². The normalized spacial score (nSPS) is 18.6. The highest BCUT2D eigenvalue weighted by Crippen LogP contribution is 2.30. The zero-order valence-corrected chi connectivity index (χ0v) is 12.1. The fourth-order valence-electron chi connectivity index (χ4n) is 2.10. The van der Waals surface area contributed by atoms with Gasteiger partial charge < -0.3 is 10.0 Å². The number of alkyl halides is 3. The minimum Gasteiger partial charge on any atom is -0.389 e. The molecule has 1 aliphatic heterocycles. The summed E-state index contributed by atoms with van der Waals surface area (Å²) in [5.41, 5.74) is -0.769. The van der Waals surface area contributed by atoms with E-state index in [4.69, 9.17) is 0 Å². The highest BCUT2D eigenvalue weighted by molar-refractivity contribution is 7.09. The number of hydrogen-bond acceptors (Lipinski definition) is 6. The number of β-amino-alcohol motifs (C(OH)–C–C–N with tert-alkyl or cyclic N) is 1. The Kier molecular flexibility index (Phi) is 4.22. The Hall–Kier alpha value is -0.930. The van der Waals surface area contributed by atoms with Gasteiger partial charge in [-0.25, -0.2) is 0 Å². The van der Waals surface area contributed by atoms with Crippen LogP contribution >= 0.6 is 11.5 Å². The molecule has 9 heteroatoms. The summed E-state index contributed by atoms with van der Waals surface area (Å²) in [4.78, 5) is 7.43. The topological polar surface area (TPSA) is 52.5 Å². The van der Waals surface area contributed by atoms with Crippen molar-refractivity contribution in [1.29, 1.82) is 0 Å². The van der Waals surface area contributed by atoms with Crippen molar-refractivity contribution in [2.24, 2.45) is 0 Å². The van der Waals surface area contributed by atoms with Crippen molar-refractivity contribution in [3.8, 4) is 0 Å². The van der Waals surface area contributed by atoms with Gasteiger partial charge in [0, 0.05) is 44.3 Å². The molecule has 2 heterocycles. The molecule has 1 fully saturated rings. The Bertz CT molecular complexity index is 449. The molecule has 1 aromatic heterocycles. The Morgan fingerprint density at radius 3 is 2.25 bits per heavy atom. The Morgan fingerprint density at radius 1 is 1.20 bits per heavy atom. The second-order valence-corrected chi connectivity index (χ2v) is 6.20. The summed E-state index contributed by atoms with van der Waals surface area (Å²) in [6, 6.07) is 0. The molecular weight excluding hydrogens is 293 g/mol. The van der Waals surface area contributed by atoms with Crippen molar-refractivity contribution in [3.05, 3.63) is 5.82 Å². The molecule has 1 aromatic rings. The van der Waals surface area contributed by atoms with Gasteiger partial charge in [0.25, 0.3) is 0 Å². The molecule has 0 amide bonds. The summed E-state index contributed by atoms with van der Waals surface area (Å²) in [6.07, 6.45) is -4.49. The van der Waals surface area contributed by atoms with Crippen molar-refractivity contribution in [3.63, 3.8) is 0 Å². The molecular formula is C11H17F3N4OS. The fraction of sp³-hybridized carbons (Fsp3) is 0.818. The SMILES string of the molecule is CC(C)(O)CN1CCN(c2nc(C(F)(F)F)ns2)CC1. The van der Waals surface area contributed by atoms with E-state index in [2.05, 4.69) is 14.3 Å². The molecule has 1 N–H and O–H groups in total. The molecule has 0 saturated carbocycles. The van der Waals surface area contributed by atoms with Crippen LogP contribution in [0.2, 0.25) is 0 Å². The number of nitrogens with zero attached hydrogens (tertiary/aromatic N) is 4. The van der Waals surface area contributed by atoms with Crippen LogP contribution in [0.5, 0.6) is 0 Å². The number of aromatic nitrogens is 2. The number of hydrogen-bond donors (Lipinski definition) is 1. The first-order chi connectivity index (χ1) is 9.15. The molecule has 114 valence electrons. The van der Waals surface area contributed by atoms with Crippen LogP contribution in [0.4, 0.5) is 18.3 Å². The Morgan fingerprint density at radius 2 is 1.80 bits per heavy atom. The average molecular weight is 310 g/mol. The second-order valence-electron chi connectivity index (χ2n) is 5.47. The Labute approximate surface area is 119 Å². The molecule has 20 heavy (non-hydrogen) atoms. The van der Waals surface area contributed by atoms with Crippen molar-refractivity contribution >= 4 is 16.7 Å². The summed E-state index contributed by atoms with van der Waals surface area (Å²) < 4.78 is 40.7. The van der Waals surface area contributed by atoms with Crippen molar-refractivity contribution in [2.45, 2.75) is 25.6 Å². The summed E-state index contributed by atoms with van der Waals surface area (Å²) in [7, 11) is 0. The highest BCUT2D eigenvalue weighted by Gasteiger charge is 2.37. The zero-order valence-electron chi connectivity index (χ0n) is 11.3. The maximum atomic E-state index is 12.4. The van der Waals surface area contributed by atoms with Crippen molar-refractivity contribution < 1.29 is 18.3 Å². The third kappa shape index (κ3) is 4.03. The monoisotopic (exact) mass is 310 g/mol. The summed E-state index contributed by atoms with van der Waals surface area (Å²) in [5, 5.41) is 10.1. The average Bonchev–Trinajstić information content (AvgIpc) is 2.76. The smallest absolute Gasteiger partial charge is 0.389 e. The first-order valence-corrected chi connectivity index (χ1v) is 7.03. The van der Waals surface area contributed by atoms with Gasteiger partial charge >= 0.3 is 6.18 Å². The number of rotatable bonds is 3. The highest BCUT2D eigenvalue weighted by atomic mass is 32.1. The van der Waals surface area contributed by atoms with Gasteiger partial charge in [-0.1, -0.05) is 0 Å². The summed E-state index contributed by atoms with van der Waals surface area (Å²) >= 11 is 0.774. The van der Waals surface area contributed by atoms with Gasteiger partial charge in [0.2, 0.25) is 11.0 Å². The number of anilines is 1. The zero-order chi connectivity index (χ0) is 15.0. The minimum absolute atomic E-state index is 0.306. The van der Waals surface area contributed by atoms with E-state index in [-0.39, 0.29) is 0 Å². The van der Waals surface area contributed by atoms with E-state index in [0.29, 0.717) is 37.9 Å². The van der Waals surface area contributed by atoms with Gasteiger partial charge in [-0.05, 0) is 13.8 Å². The van der Waals surface area contributed by atoms with Crippen LogP contribution < -0.4 is 4.90 Å². The molecule has 1 saturated heterocycles. The molecule has 0 bridgehead atoms. The van der Waals surface area contributed by atoms with Crippen molar-refractivity contribution in [2.75, 3.05) is 37.6 Å². The lowest BCUT2D eigenvalue weighted by atomic mass is 10.1. The van der Waals surface area contributed by atoms with Crippen molar-refractivity contribution in [1.82, 2.24) is 14.3 Å². The van der Waals surface area contributed by atoms with Crippen LogP contribution in [-0.4, -0.2) is 57.7 Å². The maximum absolute atomic E-state index is 12.4. The van der Waals surface area contributed by atoms with E-state index < -0.39 is 17.6 Å². The van der Waals surface area contributed by atoms with Gasteiger partial charge in [-0.2, -0.15) is 22.5 Å². The van der Waals surface area contributed by atoms with E-state index in [9.17, 15) is 18.3 Å². The van der Waals surface area contributed by atoms with Crippen LogP contribution in [0.3, 0.4) is 0 Å². The number of aliphatic hydroxyl groups is 1. The maximum Gasteiger partial charge on any atom is 0.452 e. The first kappa shape index (κ1) is 15.5. The molecule has 0 unspecified atom stereocenters. The predicted molar refractivity (Wildman–Crippen MR) is 69.9 cm³/mol. The van der Waals surface area contributed by atoms with Crippen LogP contribution in [0, 0.1) is 0 Å². The second kappa shape index (κ2) is 5.45. The van der Waals surface area contributed by atoms with Crippen LogP contribution in [-0.2, 0) is 6.18 Å². The molecule has 0 aromatic carbocycles. The summed E-state index contributed by atoms with van der Waals surface area (Å²) in [6.45, 7) is 6.56. The molecule has 0 aliphatic carbocycles.